The van der Waals surface area contributed by atoms with Gasteiger partial charge in [-0.05, 0) is 18.9 Å². The van der Waals surface area contributed by atoms with Gasteiger partial charge in [-0.3, -0.25) is 9.98 Å². The summed E-state index contributed by atoms with van der Waals surface area (Å²) in [7, 11) is 0. The number of aliphatic carboxylic acids is 1. The first kappa shape index (κ1) is 13.8. The molecule has 0 aromatic carbocycles. The molecule has 0 saturated carbocycles. The Labute approximate surface area is 110 Å². The summed E-state index contributed by atoms with van der Waals surface area (Å²) in [5.41, 5.74) is -0.716. The molecule has 8 heteroatoms. The third kappa shape index (κ3) is 2.86. The normalized spacial score (nSPS) is 19.4. The van der Waals surface area contributed by atoms with Gasteiger partial charge in [0.05, 0.1) is 5.02 Å². The summed E-state index contributed by atoms with van der Waals surface area (Å²) < 4.78 is 37.7. The summed E-state index contributed by atoms with van der Waals surface area (Å²) >= 11 is 5.80. The Kier molecular flexibility index (Phi) is 3.49. The number of carbonyl (C=O) groups is 1. The molecule has 102 valence electrons. The molecular weight excluding hydrogens is 285 g/mol. The van der Waals surface area contributed by atoms with E-state index in [1.54, 1.807) is 0 Å². The molecular formula is C11H8ClF3N2O2. The molecule has 1 aliphatic heterocycles. The number of carboxylic acids is 1. The second kappa shape index (κ2) is 4.80. The predicted molar refractivity (Wildman–Crippen MR) is 61.4 cm³/mol. The highest BCUT2D eigenvalue weighted by molar-refractivity contribution is 6.34. The Hall–Kier alpha value is -1.63. The fraction of sp³-hybridized carbons (Fsp3) is 0.364. The Bertz CT molecular complexity index is 557. The van der Waals surface area contributed by atoms with Crippen LogP contribution in [0.3, 0.4) is 0 Å². The molecule has 19 heavy (non-hydrogen) atoms. The number of hydrogen-bond donors (Lipinski definition) is 1. The van der Waals surface area contributed by atoms with Crippen LogP contribution in [-0.4, -0.2) is 27.8 Å². The fourth-order valence-electron chi connectivity index (χ4n) is 1.79. The highest BCUT2D eigenvalue weighted by Crippen LogP contribution is 2.31. The van der Waals surface area contributed by atoms with Gasteiger partial charge in [-0.2, -0.15) is 13.2 Å². The van der Waals surface area contributed by atoms with Gasteiger partial charge in [0.2, 0.25) is 0 Å². The molecule has 2 rings (SSSR count). The van der Waals surface area contributed by atoms with Crippen LogP contribution >= 0.6 is 11.6 Å². The third-order valence-corrected chi connectivity index (χ3v) is 3.01. The SMILES string of the molecule is O=C(O)[C@@H]1CCC(c2cc(C(F)(F)F)ncc2Cl)=N1. The molecule has 0 amide bonds. The molecule has 2 heterocycles. The van der Waals surface area contributed by atoms with Crippen molar-refractivity contribution in [2.75, 3.05) is 0 Å². The average Bonchev–Trinajstić information content (AvgIpc) is 2.77. The third-order valence-electron chi connectivity index (χ3n) is 2.71. The smallest absolute Gasteiger partial charge is 0.433 e. The second-order valence-corrected chi connectivity index (χ2v) is 4.42. The van der Waals surface area contributed by atoms with Gasteiger partial charge in [-0.1, -0.05) is 11.6 Å². The van der Waals surface area contributed by atoms with Crippen molar-refractivity contribution in [1.82, 2.24) is 4.98 Å². The zero-order valence-electron chi connectivity index (χ0n) is 9.41. The predicted octanol–water partition coefficient (Wildman–Crippen LogP) is 2.79. The van der Waals surface area contributed by atoms with Crippen molar-refractivity contribution in [2.45, 2.75) is 25.1 Å². The zero-order valence-corrected chi connectivity index (χ0v) is 10.2. The number of alkyl halides is 3. The topological polar surface area (TPSA) is 62.5 Å². The Morgan fingerprint density at radius 1 is 1.47 bits per heavy atom. The first-order valence-electron chi connectivity index (χ1n) is 5.31. The van der Waals surface area contributed by atoms with E-state index >= 15 is 0 Å². The monoisotopic (exact) mass is 292 g/mol. The van der Waals surface area contributed by atoms with Gasteiger partial charge in [-0.15, -0.1) is 0 Å². The molecule has 1 N–H and O–H groups in total. The maximum absolute atomic E-state index is 12.6. The zero-order chi connectivity index (χ0) is 14.2. The largest absolute Gasteiger partial charge is 0.480 e. The fourth-order valence-corrected chi connectivity index (χ4v) is 2.00. The molecule has 0 bridgehead atoms. The summed E-state index contributed by atoms with van der Waals surface area (Å²) in [5.74, 6) is -1.10. The molecule has 0 saturated heterocycles. The van der Waals surface area contributed by atoms with Crippen molar-refractivity contribution in [1.29, 1.82) is 0 Å². The lowest BCUT2D eigenvalue weighted by Gasteiger charge is -2.09. The lowest BCUT2D eigenvalue weighted by Crippen LogP contribution is -2.13. The molecule has 4 nitrogen and oxygen atoms in total. The molecule has 0 spiro atoms. The maximum atomic E-state index is 12.6. The summed E-state index contributed by atoms with van der Waals surface area (Å²) in [6, 6.07) is -0.126. The Morgan fingerprint density at radius 3 is 2.68 bits per heavy atom. The van der Waals surface area contributed by atoms with Crippen LogP contribution in [0.15, 0.2) is 17.3 Å². The quantitative estimate of drug-likeness (QED) is 0.911. The van der Waals surface area contributed by atoms with Crippen molar-refractivity contribution >= 4 is 23.3 Å². The Morgan fingerprint density at radius 2 is 2.16 bits per heavy atom. The van der Waals surface area contributed by atoms with E-state index in [9.17, 15) is 18.0 Å². The second-order valence-electron chi connectivity index (χ2n) is 4.02. The minimum Gasteiger partial charge on any atom is -0.480 e. The van der Waals surface area contributed by atoms with Crippen LogP contribution in [0.1, 0.15) is 24.1 Å². The van der Waals surface area contributed by atoms with Crippen molar-refractivity contribution in [3.63, 3.8) is 0 Å². The first-order chi connectivity index (χ1) is 8.79. The number of hydrogen-bond acceptors (Lipinski definition) is 3. The molecule has 0 fully saturated rings. The number of aliphatic imine (C=N–C) groups is 1. The Balaban J connectivity index is 2.40. The van der Waals surface area contributed by atoms with Crippen LogP contribution in [0.5, 0.6) is 0 Å². The van der Waals surface area contributed by atoms with E-state index in [1.807, 2.05) is 0 Å². The molecule has 0 radical (unpaired) electrons. The summed E-state index contributed by atoms with van der Waals surface area (Å²) in [4.78, 5) is 17.8. The molecule has 1 aliphatic rings. The number of pyridine rings is 1. The molecule has 1 aromatic rings. The van der Waals surface area contributed by atoms with Gasteiger partial charge >= 0.3 is 12.1 Å². The van der Waals surface area contributed by atoms with Crippen molar-refractivity contribution < 1.29 is 23.1 Å². The standard InChI is InChI=1S/C11H8ClF3N2O2/c12-6-4-16-9(11(13,14)15)3-5(6)7-1-2-8(17-7)10(18)19/h3-4,8H,1-2H2,(H,18,19)/t8-/m0/s1. The van der Waals surface area contributed by atoms with E-state index in [2.05, 4.69) is 9.98 Å². The lowest BCUT2D eigenvalue weighted by atomic mass is 10.1. The van der Waals surface area contributed by atoms with Gasteiger partial charge in [0.15, 0.2) is 0 Å². The summed E-state index contributed by atoms with van der Waals surface area (Å²) in [6.07, 6.45) is -3.15. The minimum atomic E-state index is -4.58. The number of rotatable bonds is 2. The van der Waals surface area contributed by atoms with Crippen LogP contribution in [0.25, 0.3) is 0 Å². The van der Waals surface area contributed by atoms with Crippen LogP contribution in [0, 0.1) is 0 Å². The van der Waals surface area contributed by atoms with Gasteiger partial charge in [0.25, 0.3) is 0 Å². The summed E-state index contributed by atoms with van der Waals surface area (Å²) in [6.45, 7) is 0. The van der Waals surface area contributed by atoms with Crippen LogP contribution in [0.2, 0.25) is 5.02 Å². The number of nitrogens with zero attached hydrogens (tertiary/aromatic N) is 2. The summed E-state index contributed by atoms with van der Waals surface area (Å²) in [5, 5.41) is 8.82. The highest BCUT2D eigenvalue weighted by atomic mass is 35.5. The number of carboxylic acid groups (broad SMARTS) is 1. The number of halogens is 4. The first-order valence-corrected chi connectivity index (χ1v) is 5.69. The van der Waals surface area contributed by atoms with Gasteiger partial charge in [-0.25, -0.2) is 4.79 Å². The average molecular weight is 293 g/mol. The van der Waals surface area contributed by atoms with Crippen LogP contribution in [0.4, 0.5) is 13.2 Å². The van der Waals surface area contributed by atoms with Crippen molar-refractivity contribution in [3.05, 3.63) is 28.5 Å². The van der Waals surface area contributed by atoms with E-state index in [1.165, 1.54) is 0 Å². The lowest BCUT2D eigenvalue weighted by molar-refractivity contribution is -0.141. The molecule has 1 atom stereocenters. The molecule has 1 aromatic heterocycles. The van der Waals surface area contributed by atoms with E-state index < -0.39 is 23.9 Å². The van der Waals surface area contributed by atoms with Gasteiger partial charge in [0, 0.05) is 17.5 Å². The van der Waals surface area contributed by atoms with E-state index in [4.69, 9.17) is 16.7 Å². The highest BCUT2D eigenvalue weighted by Gasteiger charge is 2.34. The molecule has 0 aliphatic carbocycles. The minimum absolute atomic E-state index is 0.0257. The van der Waals surface area contributed by atoms with E-state index in [-0.39, 0.29) is 29.1 Å². The van der Waals surface area contributed by atoms with Crippen LogP contribution in [-0.2, 0) is 11.0 Å². The number of aromatic nitrogens is 1. The van der Waals surface area contributed by atoms with Gasteiger partial charge < -0.3 is 5.11 Å². The van der Waals surface area contributed by atoms with E-state index in [0.29, 0.717) is 0 Å². The molecule has 0 unspecified atom stereocenters. The van der Waals surface area contributed by atoms with E-state index in [0.717, 1.165) is 12.3 Å². The van der Waals surface area contributed by atoms with Gasteiger partial charge in [0.1, 0.15) is 11.7 Å². The maximum Gasteiger partial charge on any atom is 0.433 e. The van der Waals surface area contributed by atoms with Crippen molar-refractivity contribution in [2.24, 2.45) is 4.99 Å². The van der Waals surface area contributed by atoms with Crippen LogP contribution < -0.4 is 0 Å². The van der Waals surface area contributed by atoms with Crippen molar-refractivity contribution in [3.8, 4) is 0 Å².